The Morgan fingerprint density at radius 3 is 2.50 bits per heavy atom. The van der Waals surface area contributed by atoms with Crippen LogP contribution < -0.4 is 16.4 Å². The number of rotatable bonds is 6. The van der Waals surface area contributed by atoms with E-state index < -0.39 is 0 Å². The molecule has 0 bridgehead atoms. The van der Waals surface area contributed by atoms with Gasteiger partial charge in [0.25, 0.3) is 5.91 Å². The van der Waals surface area contributed by atoms with Crippen LogP contribution >= 0.6 is 23.2 Å². The highest BCUT2D eigenvalue weighted by Gasteiger charge is 2.14. The number of fused-ring (bicyclic) bond motifs is 1. The molecule has 0 atom stereocenters. The Labute approximate surface area is 218 Å². The summed E-state index contributed by atoms with van der Waals surface area (Å²) in [6.45, 7) is 0.520. The minimum absolute atomic E-state index is 0.318. The number of nitrogens with zero attached hydrogens (tertiary/aromatic N) is 2. The summed E-state index contributed by atoms with van der Waals surface area (Å²) < 4.78 is 0. The molecular weight excluding hydrogens is 493 g/mol. The van der Waals surface area contributed by atoms with E-state index in [4.69, 9.17) is 28.9 Å². The average molecular weight is 514 g/mol. The zero-order valence-electron chi connectivity index (χ0n) is 19.0. The number of hydrogen-bond donors (Lipinski definition) is 3. The van der Waals surface area contributed by atoms with Crippen LogP contribution in [0.15, 0.2) is 91.3 Å². The molecule has 36 heavy (non-hydrogen) atoms. The molecule has 2 heterocycles. The first-order chi connectivity index (χ1) is 17.5. The van der Waals surface area contributed by atoms with Gasteiger partial charge in [0.15, 0.2) is 0 Å². The molecule has 0 aliphatic heterocycles. The van der Waals surface area contributed by atoms with Crippen LogP contribution in [-0.4, -0.2) is 15.9 Å². The molecule has 0 radical (unpaired) electrons. The third-order valence-corrected chi connectivity index (χ3v) is 6.36. The van der Waals surface area contributed by atoms with Crippen LogP contribution in [0.4, 0.5) is 17.2 Å². The van der Waals surface area contributed by atoms with E-state index in [1.165, 1.54) is 0 Å². The summed E-state index contributed by atoms with van der Waals surface area (Å²) in [4.78, 5) is 21.6. The van der Waals surface area contributed by atoms with Crippen molar-refractivity contribution >= 4 is 57.1 Å². The number of benzene rings is 3. The lowest BCUT2D eigenvalue weighted by Crippen LogP contribution is -2.13. The second-order valence-corrected chi connectivity index (χ2v) is 8.98. The number of halogens is 2. The molecule has 0 aliphatic rings. The van der Waals surface area contributed by atoms with Gasteiger partial charge in [-0.3, -0.25) is 9.78 Å². The van der Waals surface area contributed by atoms with Gasteiger partial charge in [-0.05, 0) is 59.5 Å². The topological polar surface area (TPSA) is 92.9 Å². The van der Waals surface area contributed by atoms with E-state index in [0.29, 0.717) is 33.7 Å². The van der Waals surface area contributed by atoms with Crippen molar-refractivity contribution in [3.8, 4) is 11.3 Å². The SMILES string of the molecule is Nc1ccc(NCc2ccc(C(=O)Nc3ccc(Cl)c(-c4nccc5ccccc45)c3)c(Cl)c2)cn1. The largest absolute Gasteiger partial charge is 0.384 e. The van der Waals surface area contributed by atoms with Crippen LogP contribution in [0.2, 0.25) is 10.0 Å². The number of anilines is 3. The van der Waals surface area contributed by atoms with Crippen molar-refractivity contribution in [2.75, 3.05) is 16.4 Å². The second kappa shape index (κ2) is 10.2. The Hall–Kier alpha value is -4.13. The highest BCUT2D eigenvalue weighted by atomic mass is 35.5. The lowest BCUT2D eigenvalue weighted by molar-refractivity contribution is 0.102. The van der Waals surface area contributed by atoms with Crippen LogP contribution in [0.5, 0.6) is 0 Å². The second-order valence-electron chi connectivity index (χ2n) is 8.17. The van der Waals surface area contributed by atoms with Gasteiger partial charge in [0.1, 0.15) is 5.82 Å². The van der Waals surface area contributed by atoms with E-state index >= 15 is 0 Å². The number of pyridine rings is 2. The Kier molecular flexibility index (Phi) is 6.71. The highest BCUT2D eigenvalue weighted by Crippen LogP contribution is 2.34. The Morgan fingerprint density at radius 1 is 0.861 bits per heavy atom. The van der Waals surface area contributed by atoms with Gasteiger partial charge in [0.05, 0.1) is 33.2 Å². The number of nitrogen functional groups attached to an aromatic ring is 1. The third kappa shape index (κ3) is 5.10. The summed E-state index contributed by atoms with van der Waals surface area (Å²) in [6.07, 6.45) is 3.41. The molecule has 0 unspecified atom stereocenters. The summed E-state index contributed by atoms with van der Waals surface area (Å²) >= 11 is 13.0. The zero-order valence-corrected chi connectivity index (χ0v) is 20.5. The van der Waals surface area contributed by atoms with Crippen LogP contribution in [0.25, 0.3) is 22.0 Å². The van der Waals surface area contributed by atoms with Crippen molar-refractivity contribution in [3.63, 3.8) is 0 Å². The molecule has 8 heteroatoms. The molecule has 0 spiro atoms. The Morgan fingerprint density at radius 2 is 1.69 bits per heavy atom. The molecule has 0 saturated carbocycles. The van der Waals surface area contributed by atoms with Crippen LogP contribution in [0.3, 0.4) is 0 Å². The van der Waals surface area contributed by atoms with Gasteiger partial charge >= 0.3 is 0 Å². The number of aromatic nitrogens is 2. The maximum absolute atomic E-state index is 13.0. The maximum Gasteiger partial charge on any atom is 0.257 e. The zero-order chi connectivity index (χ0) is 25.1. The summed E-state index contributed by atoms with van der Waals surface area (Å²) in [5.74, 6) is 0.140. The third-order valence-electron chi connectivity index (χ3n) is 5.71. The monoisotopic (exact) mass is 513 g/mol. The smallest absolute Gasteiger partial charge is 0.257 e. The number of hydrogen-bond acceptors (Lipinski definition) is 5. The van der Waals surface area contributed by atoms with Gasteiger partial charge in [0, 0.05) is 29.4 Å². The molecule has 0 aliphatic carbocycles. The summed E-state index contributed by atoms with van der Waals surface area (Å²) in [5, 5.41) is 9.10. The van der Waals surface area contributed by atoms with E-state index in [2.05, 4.69) is 20.6 Å². The Bertz CT molecular complexity index is 1570. The van der Waals surface area contributed by atoms with E-state index in [9.17, 15) is 4.79 Å². The van der Waals surface area contributed by atoms with Crippen LogP contribution in [0, 0.1) is 0 Å². The molecule has 2 aromatic heterocycles. The van der Waals surface area contributed by atoms with Crippen molar-refractivity contribution < 1.29 is 4.79 Å². The van der Waals surface area contributed by atoms with Crippen molar-refractivity contribution in [3.05, 3.63) is 112 Å². The van der Waals surface area contributed by atoms with E-state index in [1.54, 1.807) is 42.7 Å². The van der Waals surface area contributed by atoms with E-state index in [0.717, 1.165) is 33.3 Å². The standard InChI is InChI=1S/C28H21Cl2N5O/c29-24-9-6-19(14-23(24)27-21-4-2-1-3-18(21)11-12-32-27)35-28(36)22-8-5-17(13-25(22)30)15-33-20-7-10-26(31)34-16-20/h1-14,16,33H,15H2,(H2,31,34)(H,35,36). The minimum atomic E-state index is -0.318. The normalized spacial score (nSPS) is 10.8. The van der Waals surface area contributed by atoms with Crippen molar-refractivity contribution in [1.29, 1.82) is 0 Å². The molecule has 178 valence electrons. The fourth-order valence-electron chi connectivity index (χ4n) is 3.88. The predicted octanol–water partition coefficient (Wildman–Crippen LogP) is 7.05. The lowest BCUT2D eigenvalue weighted by Gasteiger charge is -2.12. The lowest BCUT2D eigenvalue weighted by atomic mass is 10.0. The first-order valence-corrected chi connectivity index (χ1v) is 11.9. The van der Waals surface area contributed by atoms with Crippen LogP contribution in [-0.2, 0) is 6.54 Å². The number of amides is 1. The van der Waals surface area contributed by atoms with Gasteiger partial charge in [-0.15, -0.1) is 0 Å². The molecular formula is C28H21Cl2N5O. The minimum Gasteiger partial charge on any atom is -0.384 e. The van der Waals surface area contributed by atoms with Gasteiger partial charge in [-0.1, -0.05) is 53.5 Å². The quantitative estimate of drug-likeness (QED) is 0.226. The van der Waals surface area contributed by atoms with E-state index in [-0.39, 0.29) is 5.91 Å². The molecule has 1 amide bonds. The summed E-state index contributed by atoms with van der Waals surface area (Å²) in [7, 11) is 0. The number of carbonyl (C=O) groups excluding carboxylic acids is 1. The molecule has 6 nitrogen and oxygen atoms in total. The van der Waals surface area contributed by atoms with E-state index in [1.807, 2.05) is 48.5 Å². The molecule has 3 aromatic carbocycles. The average Bonchev–Trinajstić information content (AvgIpc) is 2.89. The molecule has 5 rings (SSSR count). The van der Waals surface area contributed by atoms with Crippen molar-refractivity contribution in [2.45, 2.75) is 6.54 Å². The predicted molar refractivity (Wildman–Crippen MR) is 148 cm³/mol. The van der Waals surface area contributed by atoms with Crippen molar-refractivity contribution in [1.82, 2.24) is 9.97 Å². The van der Waals surface area contributed by atoms with Gasteiger partial charge in [-0.2, -0.15) is 0 Å². The molecule has 5 aromatic rings. The van der Waals surface area contributed by atoms with Crippen molar-refractivity contribution in [2.24, 2.45) is 0 Å². The maximum atomic E-state index is 13.0. The number of nitrogens with two attached hydrogens (primary N) is 1. The number of carbonyl (C=O) groups is 1. The summed E-state index contributed by atoms with van der Waals surface area (Å²) in [6, 6.07) is 24.1. The first kappa shape index (κ1) is 23.6. The summed E-state index contributed by atoms with van der Waals surface area (Å²) in [5.41, 5.74) is 9.81. The molecule has 4 N–H and O–H groups in total. The van der Waals surface area contributed by atoms with Crippen LogP contribution in [0.1, 0.15) is 15.9 Å². The fraction of sp³-hybridized carbons (Fsp3) is 0.0357. The highest BCUT2D eigenvalue weighted by molar-refractivity contribution is 6.35. The number of nitrogens with one attached hydrogen (secondary N) is 2. The molecule has 0 fully saturated rings. The fourth-order valence-corrected chi connectivity index (χ4v) is 4.38. The van der Waals surface area contributed by atoms with Gasteiger partial charge < -0.3 is 16.4 Å². The molecule has 0 saturated heterocycles. The van der Waals surface area contributed by atoms with Gasteiger partial charge in [0.2, 0.25) is 0 Å². The Balaban J connectivity index is 1.34. The van der Waals surface area contributed by atoms with Gasteiger partial charge in [-0.25, -0.2) is 4.98 Å². The first-order valence-electron chi connectivity index (χ1n) is 11.2.